The highest BCUT2D eigenvalue weighted by Crippen LogP contribution is 2.26. The number of benzene rings is 2. The first-order valence-corrected chi connectivity index (χ1v) is 8.27. The summed E-state index contributed by atoms with van der Waals surface area (Å²) in [5, 5.41) is 1.97. The fourth-order valence-electron chi connectivity index (χ4n) is 2.88. The molecule has 0 aliphatic heterocycles. The van der Waals surface area contributed by atoms with E-state index in [0.29, 0.717) is 11.5 Å². The largest absolute Gasteiger partial charge is 0.457 e. The van der Waals surface area contributed by atoms with Gasteiger partial charge in [0.1, 0.15) is 22.7 Å². The molecule has 0 atom stereocenters. The summed E-state index contributed by atoms with van der Waals surface area (Å²) in [5.41, 5.74) is 26.0. The summed E-state index contributed by atoms with van der Waals surface area (Å²) in [6.45, 7) is 0. The molecule has 0 aliphatic rings. The standard InChI is InChI=1S/C20H20N4O2/c21-19(22)13-3-1-11-7-15(25-17(11)9-13)5-6-16-8-12-2-4-14(20(23)24)10-18(12)26-16/h1-10,19-20H,21-24H2/b6-5+. The molecular weight excluding hydrogens is 328 g/mol. The zero-order valence-electron chi connectivity index (χ0n) is 14.1. The lowest BCUT2D eigenvalue weighted by atomic mass is 10.1. The molecule has 8 N–H and O–H groups in total. The van der Waals surface area contributed by atoms with Crippen molar-refractivity contribution in [2.24, 2.45) is 22.9 Å². The van der Waals surface area contributed by atoms with Crippen molar-refractivity contribution in [1.82, 2.24) is 0 Å². The monoisotopic (exact) mass is 348 g/mol. The predicted octanol–water partition coefficient (Wildman–Crippen LogP) is 3.18. The normalized spacial score (nSPS) is 12.4. The number of hydrogen-bond donors (Lipinski definition) is 4. The SMILES string of the molecule is NC(N)c1ccc2cc(/C=C/c3cc4ccc(C(N)N)cc4o3)oc2c1. The predicted molar refractivity (Wildman–Crippen MR) is 104 cm³/mol. The summed E-state index contributed by atoms with van der Waals surface area (Å²) < 4.78 is 11.7. The summed E-state index contributed by atoms with van der Waals surface area (Å²) >= 11 is 0. The Bertz CT molecular complexity index is 1020. The Labute approximate surface area is 150 Å². The first-order chi connectivity index (χ1) is 12.5. The molecule has 0 spiro atoms. The molecule has 0 radical (unpaired) electrons. The van der Waals surface area contributed by atoms with E-state index in [1.54, 1.807) is 0 Å². The van der Waals surface area contributed by atoms with Crippen LogP contribution in [0.15, 0.2) is 57.4 Å². The third kappa shape index (κ3) is 3.14. The van der Waals surface area contributed by atoms with Gasteiger partial charge in [-0.2, -0.15) is 0 Å². The topological polar surface area (TPSA) is 130 Å². The van der Waals surface area contributed by atoms with Crippen LogP contribution in [0.2, 0.25) is 0 Å². The molecule has 132 valence electrons. The summed E-state index contributed by atoms with van der Waals surface area (Å²) in [7, 11) is 0. The van der Waals surface area contributed by atoms with E-state index in [0.717, 1.165) is 33.1 Å². The van der Waals surface area contributed by atoms with Crippen LogP contribution in [0.1, 0.15) is 35.0 Å². The molecule has 0 saturated heterocycles. The molecule has 0 bridgehead atoms. The van der Waals surface area contributed by atoms with E-state index in [1.165, 1.54) is 0 Å². The van der Waals surface area contributed by atoms with Crippen LogP contribution in [0.4, 0.5) is 0 Å². The van der Waals surface area contributed by atoms with Crippen LogP contribution in [0.25, 0.3) is 34.1 Å². The first kappa shape index (κ1) is 16.6. The molecule has 0 saturated carbocycles. The lowest BCUT2D eigenvalue weighted by Crippen LogP contribution is -2.19. The van der Waals surface area contributed by atoms with Gasteiger partial charge >= 0.3 is 0 Å². The second-order valence-corrected chi connectivity index (χ2v) is 6.28. The number of furan rings is 2. The van der Waals surface area contributed by atoms with E-state index in [9.17, 15) is 0 Å². The minimum absolute atomic E-state index is 0.523. The zero-order valence-corrected chi connectivity index (χ0v) is 14.1. The summed E-state index contributed by atoms with van der Waals surface area (Å²) in [6.07, 6.45) is 2.67. The Hall–Kier alpha value is -2.90. The maximum Gasteiger partial charge on any atom is 0.135 e. The Morgan fingerprint density at radius 2 is 1.04 bits per heavy atom. The Kier molecular flexibility index (Phi) is 4.10. The Morgan fingerprint density at radius 1 is 0.615 bits per heavy atom. The maximum atomic E-state index is 5.83. The molecule has 6 nitrogen and oxygen atoms in total. The lowest BCUT2D eigenvalue weighted by Gasteiger charge is -2.03. The van der Waals surface area contributed by atoms with Gasteiger partial charge in [-0.05, 0) is 47.5 Å². The van der Waals surface area contributed by atoms with Gasteiger partial charge in [0.2, 0.25) is 0 Å². The zero-order chi connectivity index (χ0) is 18.3. The van der Waals surface area contributed by atoms with Crippen molar-refractivity contribution in [3.8, 4) is 0 Å². The van der Waals surface area contributed by atoms with Gasteiger partial charge in [-0.25, -0.2) is 0 Å². The molecule has 26 heavy (non-hydrogen) atoms. The van der Waals surface area contributed by atoms with Crippen molar-refractivity contribution in [3.05, 3.63) is 71.2 Å². The van der Waals surface area contributed by atoms with Crippen molar-refractivity contribution in [1.29, 1.82) is 0 Å². The van der Waals surface area contributed by atoms with E-state index in [4.69, 9.17) is 31.8 Å². The van der Waals surface area contributed by atoms with Gasteiger partial charge in [0.25, 0.3) is 0 Å². The van der Waals surface area contributed by atoms with Crippen LogP contribution in [0.5, 0.6) is 0 Å². The molecule has 4 rings (SSSR count). The van der Waals surface area contributed by atoms with Crippen molar-refractivity contribution < 1.29 is 8.83 Å². The van der Waals surface area contributed by atoms with Crippen LogP contribution in [-0.2, 0) is 0 Å². The van der Waals surface area contributed by atoms with Crippen LogP contribution in [0, 0.1) is 0 Å². The molecule has 2 aromatic carbocycles. The average molecular weight is 348 g/mol. The molecule has 0 aliphatic carbocycles. The molecule has 0 amide bonds. The van der Waals surface area contributed by atoms with Gasteiger partial charge in [0.15, 0.2) is 0 Å². The molecule has 2 aromatic heterocycles. The van der Waals surface area contributed by atoms with Crippen LogP contribution in [-0.4, -0.2) is 0 Å². The first-order valence-electron chi connectivity index (χ1n) is 8.27. The maximum absolute atomic E-state index is 5.83. The van der Waals surface area contributed by atoms with Gasteiger partial charge < -0.3 is 31.8 Å². The molecule has 2 heterocycles. The van der Waals surface area contributed by atoms with Crippen LogP contribution >= 0.6 is 0 Å². The number of hydrogen-bond acceptors (Lipinski definition) is 6. The minimum Gasteiger partial charge on any atom is -0.457 e. The minimum atomic E-state index is -0.523. The highest BCUT2D eigenvalue weighted by molar-refractivity contribution is 5.84. The second kappa shape index (κ2) is 6.44. The van der Waals surface area contributed by atoms with E-state index in [2.05, 4.69) is 0 Å². The van der Waals surface area contributed by atoms with Crippen molar-refractivity contribution >= 4 is 34.1 Å². The third-order valence-corrected chi connectivity index (χ3v) is 4.31. The molecule has 0 fully saturated rings. The highest BCUT2D eigenvalue weighted by Gasteiger charge is 2.07. The Morgan fingerprint density at radius 3 is 1.42 bits per heavy atom. The van der Waals surface area contributed by atoms with E-state index in [1.807, 2.05) is 60.7 Å². The van der Waals surface area contributed by atoms with Crippen molar-refractivity contribution in [2.75, 3.05) is 0 Å². The van der Waals surface area contributed by atoms with Crippen LogP contribution in [0.3, 0.4) is 0 Å². The van der Waals surface area contributed by atoms with Crippen molar-refractivity contribution in [2.45, 2.75) is 12.3 Å². The molecule has 4 aromatic rings. The van der Waals surface area contributed by atoms with Gasteiger partial charge in [-0.15, -0.1) is 0 Å². The number of nitrogens with two attached hydrogens (primary N) is 4. The highest BCUT2D eigenvalue weighted by atomic mass is 16.3. The van der Waals surface area contributed by atoms with E-state index in [-0.39, 0.29) is 0 Å². The summed E-state index contributed by atoms with van der Waals surface area (Å²) in [5.74, 6) is 1.43. The average Bonchev–Trinajstić information content (AvgIpc) is 3.21. The molecule has 6 heteroatoms. The fourth-order valence-corrected chi connectivity index (χ4v) is 2.88. The quantitative estimate of drug-likeness (QED) is 0.419. The third-order valence-electron chi connectivity index (χ3n) is 4.31. The summed E-state index contributed by atoms with van der Waals surface area (Å²) in [6, 6.07) is 15.3. The van der Waals surface area contributed by atoms with E-state index >= 15 is 0 Å². The smallest absolute Gasteiger partial charge is 0.135 e. The summed E-state index contributed by atoms with van der Waals surface area (Å²) in [4.78, 5) is 0. The van der Waals surface area contributed by atoms with Gasteiger partial charge in [-0.1, -0.05) is 24.3 Å². The fraction of sp³-hybridized carbons (Fsp3) is 0.100. The molecular formula is C20H20N4O2. The molecule has 0 unspecified atom stereocenters. The van der Waals surface area contributed by atoms with Gasteiger partial charge in [0.05, 0.1) is 12.3 Å². The van der Waals surface area contributed by atoms with Gasteiger partial charge in [-0.3, -0.25) is 0 Å². The number of fused-ring (bicyclic) bond motifs is 2. The van der Waals surface area contributed by atoms with Crippen LogP contribution < -0.4 is 22.9 Å². The van der Waals surface area contributed by atoms with E-state index < -0.39 is 12.3 Å². The van der Waals surface area contributed by atoms with Gasteiger partial charge in [0, 0.05) is 10.8 Å². The second-order valence-electron chi connectivity index (χ2n) is 6.28. The lowest BCUT2D eigenvalue weighted by molar-refractivity contribution is 0.598. The van der Waals surface area contributed by atoms with Crippen molar-refractivity contribution in [3.63, 3.8) is 0 Å². The Balaban J connectivity index is 1.63. The number of rotatable bonds is 4.